The van der Waals surface area contributed by atoms with E-state index in [1.165, 1.54) is 38.2 Å². The third-order valence-corrected chi connectivity index (χ3v) is 13.9. The van der Waals surface area contributed by atoms with Gasteiger partial charge in [-0.15, -0.1) is 0 Å². The van der Waals surface area contributed by atoms with Crippen molar-refractivity contribution in [3.05, 3.63) is 51.8 Å². The molecule has 1 aromatic rings. The quantitative estimate of drug-likeness (QED) is 0.0573. The number of ether oxygens (including phenoxy) is 8. The summed E-state index contributed by atoms with van der Waals surface area (Å²) in [6.45, 7) is 21.4. The molecule has 0 radical (unpaired) electrons. The number of likely N-dealkylation sites (tertiary alicyclic amines) is 1. The van der Waals surface area contributed by atoms with Crippen LogP contribution in [0.5, 0.6) is 0 Å². The number of nitrogens with zero attached hydrogens (tertiary/aromatic N) is 3. The molecule has 84 heavy (non-hydrogen) atoms. The van der Waals surface area contributed by atoms with Gasteiger partial charge in [0.15, 0.2) is 6.29 Å². The second kappa shape index (κ2) is 28.3. The minimum atomic E-state index is -1.90. The lowest BCUT2D eigenvalue weighted by atomic mass is 9.72. The first-order valence-electron chi connectivity index (χ1n) is 28.3. The fraction of sp³-hybridized carbons (Fsp3) is 0.750. The third kappa shape index (κ3) is 20.7. The van der Waals surface area contributed by atoms with Crippen molar-refractivity contribution < 1.29 is 92.0 Å². The van der Waals surface area contributed by atoms with Crippen molar-refractivity contribution in [3.8, 4) is 0 Å². The standard InChI is InChI=1S/C56H90N8O20/c1-52(2,3)81-48(70)57-23-21-38(65)45(68)60-37-25-36(61-49(71)82-53(4,5)6)39(40(66)43(37)80-46-41(67)44(56(13,74)30-78-46)62(14)50(72)83-54(7,8)9)42-35(58-26-32-22-24-63(28-32)51(73)84-55(10,11)12)20-19-34(79-42)27-59-47(69)77-29-31-15-17-33(18-16-31)64(75)76/h15-19,32,35-44,46,58,65-67,74H,20-30H2,1-14H3,(H,57,70)(H,59,69)(H,60,68)(H,61,71)/t32?,35-,36+,37-,38+,39-,40+,41-,42?,43+,44-,46-,56+/m1/s1. The number of benzene rings is 1. The summed E-state index contributed by atoms with van der Waals surface area (Å²) in [6, 6.07) is 0.751. The Hall–Kier alpha value is -6.30. The molecule has 1 saturated carbocycles. The van der Waals surface area contributed by atoms with Crippen LogP contribution in [0.25, 0.3) is 0 Å². The van der Waals surface area contributed by atoms with E-state index in [0.29, 0.717) is 31.6 Å². The number of non-ortho nitro benzene ring substituents is 1. The molecular formula is C56H90N8O20. The number of aliphatic hydroxyl groups is 4. The molecule has 5 rings (SSSR count). The van der Waals surface area contributed by atoms with Crippen LogP contribution in [-0.4, -0.2) is 207 Å². The highest BCUT2D eigenvalue weighted by molar-refractivity contribution is 5.81. The summed E-state index contributed by atoms with van der Waals surface area (Å²) >= 11 is 0. The maximum Gasteiger partial charge on any atom is 0.410 e. The van der Waals surface area contributed by atoms with Gasteiger partial charge in [0, 0.05) is 63.4 Å². The van der Waals surface area contributed by atoms with Crippen molar-refractivity contribution in [2.24, 2.45) is 11.8 Å². The lowest BCUT2D eigenvalue weighted by molar-refractivity contribution is -0.384. The predicted octanol–water partition coefficient (Wildman–Crippen LogP) is 3.83. The number of alkyl carbamates (subject to hydrolysis) is 3. The number of amides is 6. The molecular weight excluding hydrogens is 1100 g/mol. The number of nitro benzene ring substituents is 1. The van der Waals surface area contributed by atoms with Crippen LogP contribution in [0.2, 0.25) is 0 Å². The molecule has 13 atom stereocenters. The van der Waals surface area contributed by atoms with Crippen molar-refractivity contribution in [2.45, 2.75) is 211 Å². The van der Waals surface area contributed by atoms with Gasteiger partial charge in [-0.3, -0.25) is 14.9 Å². The van der Waals surface area contributed by atoms with E-state index in [1.807, 2.05) is 0 Å². The molecule has 2 unspecified atom stereocenters. The van der Waals surface area contributed by atoms with E-state index in [2.05, 4.69) is 26.6 Å². The number of nitrogens with one attached hydrogen (secondary N) is 5. The van der Waals surface area contributed by atoms with Crippen LogP contribution in [0, 0.1) is 22.0 Å². The molecule has 3 fully saturated rings. The lowest BCUT2D eigenvalue weighted by Gasteiger charge is -2.52. The first-order valence-corrected chi connectivity index (χ1v) is 28.3. The van der Waals surface area contributed by atoms with Crippen LogP contribution in [0.4, 0.5) is 29.7 Å². The van der Waals surface area contributed by atoms with E-state index in [-0.39, 0.29) is 56.3 Å². The highest BCUT2D eigenvalue weighted by Crippen LogP contribution is 2.39. The van der Waals surface area contributed by atoms with Crippen LogP contribution in [0.15, 0.2) is 36.1 Å². The molecule has 6 amide bonds. The molecule has 474 valence electrons. The Kier molecular flexibility index (Phi) is 23.0. The minimum absolute atomic E-state index is 0.0851. The topological polar surface area (TPSA) is 367 Å². The van der Waals surface area contributed by atoms with E-state index in [1.54, 1.807) is 94.1 Å². The Morgan fingerprint density at radius 1 is 0.833 bits per heavy atom. The number of carbonyl (C=O) groups excluding carboxylic acids is 6. The van der Waals surface area contributed by atoms with Crippen LogP contribution < -0.4 is 26.6 Å². The monoisotopic (exact) mass is 1190 g/mol. The van der Waals surface area contributed by atoms with E-state index >= 15 is 0 Å². The van der Waals surface area contributed by atoms with Crippen LogP contribution >= 0.6 is 0 Å². The summed E-state index contributed by atoms with van der Waals surface area (Å²) in [5, 5.41) is 73.7. The van der Waals surface area contributed by atoms with E-state index < -0.39 is 143 Å². The smallest absolute Gasteiger partial charge is 0.410 e. The summed E-state index contributed by atoms with van der Waals surface area (Å²) in [6.07, 6.45) is -12.0. The van der Waals surface area contributed by atoms with Crippen molar-refractivity contribution >= 4 is 42.1 Å². The molecule has 2 saturated heterocycles. The normalized spacial score (nSPS) is 27.8. The molecule has 4 aliphatic rings. The van der Waals surface area contributed by atoms with Crippen molar-refractivity contribution in [1.82, 2.24) is 36.4 Å². The molecule has 0 bridgehead atoms. The highest BCUT2D eigenvalue weighted by atomic mass is 16.7. The Morgan fingerprint density at radius 3 is 2.06 bits per heavy atom. The van der Waals surface area contributed by atoms with Gasteiger partial charge in [-0.25, -0.2) is 24.0 Å². The average Bonchev–Trinajstić information content (AvgIpc) is 1.73. The summed E-state index contributed by atoms with van der Waals surface area (Å²) in [5.41, 5.74) is -5.15. The van der Waals surface area contributed by atoms with Gasteiger partial charge in [0.1, 0.15) is 64.8 Å². The summed E-state index contributed by atoms with van der Waals surface area (Å²) < 4.78 is 46.9. The van der Waals surface area contributed by atoms with E-state index in [9.17, 15) is 59.3 Å². The Labute approximate surface area is 490 Å². The molecule has 3 aliphatic heterocycles. The van der Waals surface area contributed by atoms with Crippen LogP contribution in [-0.2, 0) is 49.3 Å². The third-order valence-electron chi connectivity index (χ3n) is 13.9. The van der Waals surface area contributed by atoms with Gasteiger partial charge in [-0.2, -0.15) is 0 Å². The Morgan fingerprint density at radius 2 is 1.45 bits per heavy atom. The summed E-state index contributed by atoms with van der Waals surface area (Å²) in [7, 11) is 1.31. The fourth-order valence-corrected chi connectivity index (χ4v) is 10.2. The minimum Gasteiger partial charge on any atom is -0.491 e. The molecule has 0 aromatic heterocycles. The Balaban J connectivity index is 1.53. The van der Waals surface area contributed by atoms with Crippen molar-refractivity contribution in [1.29, 1.82) is 0 Å². The molecule has 0 spiro atoms. The second-order valence-corrected chi connectivity index (χ2v) is 26.0. The Bertz CT molecular complexity index is 2470. The van der Waals surface area contributed by atoms with Crippen molar-refractivity contribution in [3.63, 3.8) is 0 Å². The second-order valence-electron chi connectivity index (χ2n) is 26.0. The number of carbonyl (C=O) groups is 6. The first-order chi connectivity index (χ1) is 38.8. The average molecular weight is 1200 g/mol. The van der Waals surface area contributed by atoms with E-state index in [4.69, 9.17) is 37.9 Å². The maximum atomic E-state index is 14.1. The first kappa shape index (κ1) is 68.5. The van der Waals surface area contributed by atoms with Gasteiger partial charge in [-0.1, -0.05) is 0 Å². The molecule has 9 N–H and O–H groups in total. The highest BCUT2D eigenvalue weighted by Gasteiger charge is 2.56. The van der Waals surface area contributed by atoms with E-state index in [0.717, 1.165) is 4.90 Å². The van der Waals surface area contributed by atoms with Gasteiger partial charge < -0.3 is 94.7 Å². The van der Waals surface area contributed by atoms with Crippen LogP contribution in [0.3, 0.4) is 0 Å². The number of hydrogen-bond acceptors (Lipinski definition) is 21. The van der Waals surface area contributed by atoms with Crippen molar-refractivity contribution in [2.75, 3.05) is 46.4 Å². The number of hydrogen-bond donors (Lipinski definition) is 9. The zero-order chi connectivity index (χ0) is 62.9. The predicted molar refractivity (Wildman–Crippen MR) is 300 cm³/mol. The fourth-order valence-electron chi connectivity index (χ4n) is 10.2. The number of nitro groups is 1. The zero-order valence-electron chi connectivity index (χ0n) is 50.8. The number of rotatable bonds is 18. The molecule has 1 aliphatic carbocycles. The van der Waals surface area contributed by atoms with Gasteiger partial charge in [0.2, 0.25) is 5.91 Å². The number of aliphatic hydroxyl groups excluding tert-OH is 3. The summed E-state index contributed by atoms with van der Waals surface area (Å²) in [5.74, 6) is -2.13. The van der Waals surface area contributed by atoms with Gasteiger partial charge >= 0.3 is 30.5 Å². The lowest BCUT2D eigenvalue weighted by Crippen LogP contribution is -2.71. The molecule has 28 nitrogen and oxygen atoms in total. The zero-order valence-corrected chi connectivity index (χ0v) is 50.8. The molecule has 28 heteroatoms. The number of likely N-dealkylation sites (N-methyl/N-ethyl adjacent to an activating group) is 1. The van der Waals surface area contributed by atoms with Gasteiger partial charge in [0.25, 0.3) is 5.69 Å². The maximum absolute atomic E-state index is 14.1. The van der Waals surface area contributed by atoms with Crippen LogP contribution in [0.1, 0.15) is 121 Å². The largest absolute Gasteiger partial charge is 0.491 e. The summed E-state index contributed by atoms with van der Waals surface area (Å²) in [4.78, 5) is 93.5. The van der Waals surface area contributed by atoms with Gasteiger partial charge in [0.05, 0.1) is 36.3 Å². The SMILES string of the molecule is CN(C(=O)OC(C)(C)C)[C@@H]1[C@@H](O)[C@@H](O[C@@H]2[C@@H](O)[C@H](C3OC(CNC(=O)OCc4ccc([N+](=O)[O-])cc4)=CC[C@H]3NCC3CCN(C(=O)OC(C)(C)C)C3)[C@@H](NC(=O)OC(C)(C)C)C[C@H]2NC(=O)[C@@H](O)CCNC(=O)OC(C)(C)C)OC[C@]1(C)O. The van der Waals surface area contributed by atoms with Gasteiger partial charge in [-0.05, 0) is 145 Å². The molecule has 3 heterocycles. The molecule has 1 aromatic carbocycles.